The zero-order valence-corrected chi connectivity index (χ0v) is 13.2. The molecule has 0 atom stereocenters. The van der Waals surface area contributed by atoms with Crippen molar-refractivity contribution in [3.8, 4) is 5.75 Å². The van der Waals surface area contributed by atoms with Gasteiger partial charge in [-0.25, -0.2) is 0 Å². The van der Waals surface area contributed by atoms with Crippen molar-refractivity contribution in [2.45, 2.75) is 33.4 Å². The van der Waals surface area contributed by atoms with Crippen molar-refractivity contribution in [1.82, 2.24) is 15.5 Å². The fourth-order valence-corrected chi connectivity index (χ4v) is 2.21. The lowest BCUT2D eigenvalue weighted by Gasteiger charge is -2.08. The second kappa shape index (κ2) is 7.40. The Morgan fingerprint density at radius 1 is 1.25 bits per heavy atom. The molecular formula is C14H18BrN3O2. The van der Waals surface area contributed by atoms with Gasteiger partial charge in [0.05, 0.1) is 4.47 Å². The largest absolute Gasteiger partial charge is 0.483 e. The topological polar surface area (TPSA) is 60.2 Å². The quantitative estimate of drug-likeness (QED) is 0.839. The van der Waals surface area contributed by atoms with Crippen molar-refractivity contribution in [2.75, 3.05) is 6.54 Å². The van der Waals surface area contributed by atoms with Gasteiger partial charge in [-0.2, -0.15) is 0 Å². The molecule has 0 saturated heterocycles. The molecule has 0 bridgehead atoms. The van der Waals surface area contributed by atoms with Gasteiger partial charge in [0.25, 0.3) is 5.89 Å². The van der Waals surface area contributed by atoms with Gasteiger partial charge >= 0.3 is 0 Å². The molecule has 108 valence electrons. The smallest absolute Gasteiger partial charge is 0.253 e. The minimum Gasteiger partial charge on any atom is -0.483 e. The van der Waals surface area contributed by atoms with Gasteiger partial charge in [-0.15, -0.1) is 10.2 Å². The number of nitrogens with zero attached hydrogens (tertiary/aromatic N) is 2. The van der Waals surface area contributed by atoms with Crippen molar-refractivity contribution in [3.63, 3.8) is 0 Å². The number of aromatic nitrogens is 2. The van der Waals surface area contributed by atoms with E-state index >= 15 is 0 Å². The number of nitrogens with one attached hydrogen (secondary N) is 1. The van der Waals surface area contributed by atoms with Gasteiger partial charge in [0.1, 0.15) is 5.75 Å². The third-order valence-corrected chi connectivity index (χ3v) is 3.36. The summed E-state index contributed by atoms with van der Waals surface area (Å²) in [6.45, 7) is 6.13. The molecular weight excluding hydrogens is 322 g/mol. The lowest BCUT2D eigenvalue weighted by atomic mass is 10.2. The molecule has 1 aromatic carbocycles. The van der Waals surface area contributed by atoms with Gasteiger partial charge in [-0.3, -0.25) is 0 Å². The molecule has 0 fully saturated rings. The van der Waals surface area contributed by atoms with Crippen LogP contribution in [-0.4, -0.2) is 16.7 Å². The predicted molar refractivity (Wildman–Crippen MR) is 79.5 cm³/mol. The Morgan fingerprint density at radius 3 is 2.70 bits per heavy atom. The average molecular weight is 340 g/mol. The van der Waals surface area contributed by atoms with Crippen LogP contribution in [0.3, 0.4) is 0 Å². The third kappa shape index (κ3) is 4.05. The summed E-state index contributed by atoms with van der Waals surface area (Å²) in [5.74, 6) is 1.88. The Hall–Kier alpha value is -1.40. The van der Waals surface area contributed by atoms with E-state index in [1.807, 2.05) is 25.1 Å². The van der Waals surface area contributed by atoms with E-state index in [2.05, 4.69) is 38.4 Å². The molecule has 0 amide bonds. The molecule has 2 rings (SSSR count). The number of hydrogen-bond acceptors (Lipinski definition) is 5. The fraction of sp³-hybridized carbons (Fsp3) is 0.429. The van der Waals surface area contributed by atoms with Crippen molar-refractivity contribution >= 4 is 15.9 Å². The van der Waals surface area contributed by atoms with Gasteiger partial charge in [0.2, 0.25) is 5.89 Å². The van der Waals surface area contributed by atoms with Gasteiger partial charge in [0, 0.05) is 13.0 Å². The predicted octanol–water partition coefficient (Wildman–Crippen LogP) is 3.08. The highest BCUT2D eigenvalue weighted by Gasteiger charge is 2.07. The standard InChI is InChI=1S/C14H18BrN3O2/c1-3-13-17-18-14(20-13)9-19-12-6-5-10(7-11(12)15)8-16-4-2/h5-7,16H,3-4,8-9H2,1-2H3. The molecule has 0 aliphatic heterocycles. The van der Waals surface area contributed by atoms with E-state index in [4.69, 9.17) is 9.15 Å². The lowest BCUT2D eigenvalue weighted by molar-refractivity contribution is 0.258. The number of halogens is 1. The Labute approximate surface area is 126 Å². The van der Waals surface area contributed by atoms with E-state index in [-0.39, 0.29) is 6.61 Å². The van der Waals surface area contributed by atoms with E-state index in [0.29, 0.717) is 11.8 Å². The summed E-state index contributed by atoms with van der Waals surface area (Å²) in [6, 6.07) is 6.02. The zero-order valence-electron chi connectivity index (χ0n) is 11.6. The van der Waals surface area contributed by atoms with E-state index in [9.17, 15) is 0 Å². The third-order valence-electron chi connectivity index (χ3n) is 2.74. The minimum atomic E-state index is 0.276. The highest BCUT2D eigenvalue weighted by molar-refractivity contribution is 9.10. The summed E-state index contributed by atoms with van der Waals surface area (Å²) in [4.78, 5) is 0. The molecule has 1 N–H and O–H groups in total. The summed E-state index contributed by atoms with van der Waals surface area (Å²) in [6.07, 6.45) is 0.732. The zero-order chi connectivity index (χ0) is 14.4. The first kappa shape index (κ1) is 15.0. The maximum atomic E-state index is 5.68. The Morgan fingerprint density at radius 2 is 2.05 bits per heavy atom. The van der Waals surface area contributed by atoms with E-state index in [1.165, 1.54) is 5.56 Å². The van der Waals surface area contributed by atoms with Crippen molar-refractivity contribution < 1.29 is 9.15 Å². The first-order valence-corrected chi connectivity index (χ1v) is 7.45. The Bertz CT molecular complexity index is 557. The monoisotopic (exact) mass is 339 g/mol. The van der Waals surface area contributed by atoms with Crippen molar-refractivity contribution in [3.05, 3.63) is 40.0 Å². The molecule has 0 spiro atoms. The normalized spacial score (nSPS) is 10.8. The van der Waals surface area contributed by atoms with E-state index < -0.39 is 0 Å². The van der Waals surface area contributed by atoms with E-state index in [0.717, 1.165) is 29.7 Å². The van der Waals surface area contributed by atoms with Gasteiger partial charge in [-0.05, 0) is 40.2 Å². The summed E-state index contributed by atoms with van der Waals surface area (Å²) >= 11 is 3.51. The summed E-state index contributed by atoms with van der Waals surface area (Å²) in [5.41, 5.74) is 1.21. The van der Waals surface area contributed by atoms with Crippen LogP contribution in [0.4, 0.5) is 0 Å². The molecule has 0 aliphatic carbocycles. The van der Waals surface area contributed by atoms with Crippen LogP contribution in [0.2, 0.25) is 0 Å². The molecule has 0 unspecified atom stereocenters. The number of rotatable bonds is 7. The van der Waals surface area contributed by atoms with Crippen LogP contribution in [0.5, 0.6) is 5.75 Å². The number of hydrogen-bond donors (Lipinski definition) is 1. The molecule has 0 radical (unpaired) electrons. The second-order valence-corrected chi connectivity index (χ2v) is 5.13. The highest BCUT2D eigenvalue weighted by Crippen LogP contribution is 2.26. The van der Waals surface area contributed by atoms with E-state index in [1.54, 1.807) is 0 Å². The van der Waals surface area contributed by atoms with Gasteiger partial charge < -0.3 is 14.5 Å². The Balaban J connectivity index is 1.95. The van der Waals surface area contributed by atoms with Crippen LogP contribution >= 0.6 is 15.9 Å². The molecule has 6 heteroatoms. The number of ether oxygens (including phenoxy) is 1. The maximum absolute atomic E-state index is 5.68. The van der Waals surface area contributed by atoms with Crippen LogP contribution in [0.15, 0.2) is 27.1 Å². The van der Waals surface area contributed by atoms with Crippen LogP contribution < -0.4 is 10.1 Å². The number of aryl methyl sites for hydroxylation is 1. The molecule has 1 aromatic heterocycles. The molecule has 0 saturated carbocycles. The molecule has 2 aromatic rings. The SMILES string of the molecule is CCNCc1ccc(OCc2nnc(CC)o2)c(Br)c1. The Kier molecular flexibility index (Phi) is 5.55. The number of benzene rings is 1. The highest BCUT2D eigenvalue weighted by atomic mass is 79.9. The average Bonchev–Trinajstić information content (AvgIpc) is 2.92. The summed E-state index contributed by atoms with van der Waals surface area (Å²) in [7, 11) is 0. The minimum absolute atomic E-state index is 0.276. The van der Waals surface area contributed by atoms with Gasteiger partial charge in [-0.1, -0.05) is 19.9 Å². The van der Waals surface area contributed by atoms with Crippen molar-refractivity contribution in [2.24, 2.45) is 0 Å². The first-order chi connectivity index (χ1) is 9.72. The molecule has 1 heterocycles. The molecule has 5 nitrogen and oxygen atoms in total. The summed E-state index contributed by atoms with van der Waals surface area (Å²) < 4.78 is 12.0. The lowest BCUT2D eigenvalue weighted by Crippen LogP contribution is -2.11. The first-order valence-electron chi connectivity index (χ1n) is 6.66. The summed E-state index contributed by atoms with van der Waals surface area (Å²) in [5, 5.41) is 11.1. The van der Waals surface area contributed by atoms with Crippen LogP contribution in [0.1, 0.15) is 31.2 Å². The van der Waals surface area contributed by atoms with Crippen LogP contribution in [0.25, 0.3) is 0 Å². The van der Waals surface area contributed by atoms with Crippen LogP contribution in [0, 0.1) is 0 Å². The second-order valence-electron chi connectivity index (χ2n) is 4.28. The molecule has 20 heavy (non-hydrogen) atoms. The van der Waals surface area contributed by atoms with Gasteiger partial charge in [0.15, 0.2) is 6.61 Å². The van der Waals surface area contributed by atoms with Crippen molar-refractivity contribution in [1.29, 1.82) is 0 Å². The van der Waals surface area contributed by atoms with Crippen LogP contribution in [-0.2, 0) is 19.6 Å². The maximum Gasteiger partial charge on any atom is 0.253 e. The molecule has 0 aliphatic rings. The fourth-order valence-electron chi connectivity index (χ4n) is 1.67.